The SMILES string of the molecule is CCOc1nc(C(F)F)ccc1-c1ccc2cnc(CNC(=O)c3cc(Cl)c4c(c3)S(=O)(=O)[C@@H](F)CCO4)cc2n1. The van der Waals surface area contributed by atoms with Gasteiger partial charge in [0.05, 0.1) is 47.2 Å². The molecule has 0 saturated carbocycles. The van der Waals surface area contributed by atoms with Crippen molar-refractivity contribution in [2.45, 2.75) is 36.7 Å². The fourth-order valence-corrected chi connectivity index (χ4v) is 5.92. The van der Waals surface area contributed by atoms with Crippen LogP contribution in [0.5, 0.6) is 11.6 Å². The number of carbonyl (C=O) groups is 1. The molecule has 0 radical (unpaired) electrons. The van der Waals surface area contributed by atoms with E-state index in [0.717, 1.165) is 6.07 Å². The highest BCUT2D eigenvalue weighted by molar-refractivity contribution is 7.92. The van der Waals surface area contributed by atoms with Crippen molar-refractivity contribution < 1.29 is 35.9 Å². The van der Waals surface area contributed by atoms with Gasteiger partial charge in [0.1, 0.15) is 10.6 Å². The summed E-state index contributed by atoms with van der Waals surface area (Å²) in [4.78, 5) is 25.3. The fraction of sp³-hybridized carbons (Fsp3) is 0.259. The highest BCUT2D eigenvalue weighted by Gasteiger charge is 2.35. The first kappa shape index (κ1) is 28.6. The Morgan fingerprint density at radius 1 is 1.20 bits per heavy atom. The quantitative estimate of drug-likeness (QED) is 0.294. The number of ether oxygens (including phenoxy) is 2. The highest BCUT2D eigenvalue weighted by Crippen LogP contribution is 2.38. The van der Waals surface area contributed by atoms with Crippen LogP contribution in [0.4, 0.5) is 13.2 Å². The zero-order valence-electron chi connectivity index (χ0n) is 21.4. The summed E-state index contributed by atoms with van der Waals surface area (Å²) >= 11 is 6.18. The molecule has 1 atom stereocenters. The summed E-state index contributed by atoms with van der Waals surface area (Å²) in [5.74, 6) is -0.822. The van der Waals surface area contributed by atoms with Crippen molar-refractivity contribution in [2.24, 2.45) is 0 Å². The van der Waals surface area contributed by atoms with Crippen molar-refractivity contribution in [2.75, 3.05) is 13.2 Å². The van der Waals surface area contributed by atoms with Crippen LogP contribution in [0.3, 0.4) is 0 Å². The number of alkyl halides is 3. The van der Waals surface area contributed by atoms with Gasteiger partial charge >= 0.3 is 0 Å². The van der Waals surface area contributed by atoms with Crippen molar-refractivity contribution >= 4 is 38.2 Å². The van der Waals surface area contributed by atoms with E-state index in [4.69, 9.17) is 21.1 Å². The van der Waals surface area contributed by atoms with Gasteiger partial charge in [0.2, 0.25) is 21.2 Å². The number of nitrogens with one attached hydrogen (secondary N) is 1. The molecule has 0 aliphatic carbocycles. The maximum absolute atomic E-state index is 14.2. The Bertz CT molecular complexity index is 1760. The molecule has 4 heterocycles. The number of hydrogen-bond acceptors (Lipinski definition) is 8. The maximum atomic E-state index is 14.2. The molecule has 1 N–H and O–H groups in total. The molecule has 41 heavy (non-hydrogen) atoms. The zero-order valence-corrected chi connectivity index (χ0v) is 23.0. The third-order valence-corrected chi connectivity index (χ3v) is 8.33. The fourth-order valence-electron chi connectivity index (χ4n) is 4.19. The minimum absolute atomic E-state index is 0.0320. The Balaban J connectivity index is 1.39. The lowest BCUT2D eigenvalue weighted by Gasteiger charge is -2.12. The average molecular weight is 607 g/mol. The summed E-state index contributed by atoms with van der Waals surface area (Å²) < 4.78 is 76.5. The summed E-state index contributed by atoms with van der Waals surface area (Å²) in [6.45, 7) is 1.70. The van der Waals surface area contributed by atoms with Crippen LogP contribution < -0.4 is 14.8 Å². The summed E-state index contributed by atoms with van der Waals surface area (Å²) in [5, 5.41) is 3.19. The number of nitrogens with zero attached hydrogens (tertiary/aromatic N) is 3. The molecular formula is C27H22ClF3N4O5S. The minimum Gasteiger partial charge on any atom is -0.490 e. The molecule has 5 rings (SSSR count). The van der Waals surface area contributed by atoms with Crippen molar-refractivity contribution in [3.63, 3.8) is 0 Å². The van der Waals surface area contributed by atoms with Gasteiger partial charge < -0.3 is 14.8 Å². The van der Waals surface area contributed by atoms with Crippen LogP contribution in [0.25, 0.3) is 22.2 Å². The smallest absolute Gasteiger partial charge is 0.280 e. The van der Waals surface area contributed by atoms with Crippen LogP contribution in [-0.2, 0) is 16.4 Å². The van der Waals surface area contributed by atoms with Crippen LogP contribution in [0.1, 0.15) is 41.5 Å². The highest BCUT2D eigenvalue weighted by atomic mass is 35.5. The van der Waals surface area contributed by atoms with Gasteiger partial charge in [-0.25, -0.2) is 31.6 Å². The molecule has 9 nitrogen and oxygen atoms in total. The summed E-state index contributed by atoms with van der Waals surface area (Å²) in [6, 6.07) is 10.0. The molecular weight excluding hydrogens is 585 g/mol. The van der Waals surface area contributed by atoms with Gasteiger partial charge in [-0.1, -0.05) is 11.6 Å². The van der Waals surface area contributed by atoms with E-state index in [1.165, 1.54) is 18.2 Å². The monoisotopic (exact) mass is 606 g/mol. The number of sulfone groups is 1. The first-order chi connectivity index (χ1) is 19.6. The number of hydrogen-bond donors (Lipinski definition) is 1. The molecule has 3 aromatic heterocycles. The second-order valence-corrected chi connectivity index (χ2v) is 11.4. The number of pyridine rings is 3. The molecule has 214 valence electrons. The van der Waals surface area contributed by atoms with Gasteiger partial charge in [-0.3, -0.25) is 9.78 Å². The molecule has 1 aromatic carbocycles. The van der Waals surface area contributed by atoms with Crippen LogP contribution in [-0.4, -0.2) is 48.0 Å². The molecule has 1 aliphatic heterocycles. The molecule has 1 aliphatic rings. The van der Waals surface area contributed by atoms with Gasteiger partial charge in [-0.15, -0.1) is 0 Å². The third-order valence-electron chi connectivity index (χ3n) is 6.23. The van der Waals surface area contributed by atoms with Crippen molar-refractivity contribution in [3.8, 4) is 22.9 Å². The van der Waals surface area contributed by atoms with E-state index in [1.807, 2.05) is 0 Å². The first-order valence-electron chi connectivity index (χ1n) is 12.4. The van der Waals surface area contributed by atoms with E-state index in [1.54, 1.807) is 31.3 Å². The third kappa shape index (κ3) is 5.77. The molecule has 0 saturated heterocycles. The number of halogens is 4. The van der Waals surface area contributed by atoms with E-state index in [0.29, 0.717) is 27.9 Å². The number of rotatable bonds is 7. The maximum Gasteiger partial charge on any atom is 0.280 e. The minimum atomic E-state index is -4.40. The summed E-state index contributed by atoms with van der Waals surface area (Å²) in [7, 11) is -4.40. The second kappa shape index (κ2) is 11.5. The number of aromatic nitrogens is 3. The topological polar surface area (TPSA) is 120 Å². The average Bonchev–Trinajstić information content (AvgIpc) is 3.06. The second-order valence-electron chi connectivity index (χ2n) is 8.95. The molecule has 14 heteroatoms. The Morgan fingerprint density at radius 2 is 2.00 bits per heavy atom. The lowest BCUT2D eigenvalue weighted by molar-refractivity contribution is 0.0950. The van der Waals surface area contributed by atoms with Crippen molar-refractivity contribution in [1.82, 2.24) is 20.3 Å². The van der Waals surface area contributed by atoms with Gasteiger partial charge in [-0.2, -0.15) is 0 Å². The van der Waals surface area contributed by atoms with Crippen LogP contribution in [0, 0.1) is 0 Å². The zero-order chi connectivity index (χ0) is 29.3. The molecule has 4 aromatic rings. The Labute approximate surface area is 237 Å². The van der Waals surface area contributed by atoms with E-state index < -0.39 is 38.3 Å². The van der Waals surface area contributed by atoms with E-state index in [9.17, 15) is 26.4 Å². The standard InChI is InChI=1S/C27H22ClF3N4O5S/c1-2-39-27-17(4-6-20(35-27)25(30)31)19-5-3-14-12-32-16(11-21(14)34-19)13-33-26(36)15-9-18(28)24-22(10-15)41(37,38)23(29)7-8-40-24/h3-6,9-12,23,25H,2,7-8,13H2,1H3,(H,33,36)/t23-/m1/s1. The van der Waals surface area contributed by atoms with Gasteiger partial charge in [0.25, 0.3) is 12.3 Å². The normalized spacial score (nSPS) is 16.1. The Morgan fingerprint density at radius 3 is 2.76 bits per heavy atom. The molecule has 1 amide bonds. The number of fused-ring (bicyclic) bond motifs is 2. The largest absolute Gasteiger partial charge is 0.490 e. The number of benzene rings is 1. The Hall–Kier alpha value is -3.97. The predicted octanol–water partition coefficient (Wildman–Crippen LogP) is 5.46. The molecule has 0 fully saturated rings. The molecule has 0 spiro atoms. The van der Waals surface area contributed by atoms with E-state index in [-0.39, 0.29) is 48.4 Å². The molecule has 0 bridgehead atoms. The summed E-state index contributed by atoms with van der Waals surface area (Å²) in [5.41, 5.74) is -0.895. The van der Waals surface area contributed by atoms with Crippen LogP contribution in [0.2, 0.25) is 5.02 Å². The number of carbonyl (C=O) groups excluding carboxylic acids is 1. The van der Waals surface area contributed by atoms with Crippen molar-refractivity contribution in [1.29, 1.82) is 0 Å². The van der Waals surface area contributed by atoms with E-state index >= 15 is 0 Å². The number of amides is 1. The summed E-state index contributed by atoms with van der Waals surface area (Å²) in [6.07, 6.45) is -1.56. The lowest BCUT2D eigenvalue weighted by atomic mass is 10.1. The van der Waals surface area contributed by atoms with Crippen LogP contribution in [0.15, 0.2) is 53.6 Å². The van der Waals surface area contributed by atoms with Crippen molar-refractivity contribution in [3.05, 3.63) is 70.6 Å². The lowest BCUT2D eigenvalue weighted by Crippen LogP contribution is -2.24. The van der Waals surface area contributed by atoms with Crippen LogP contribution >= 0.6 is 11.6 Å². The van der Waals surface area contributed by atoms with Gasteiger partial charge in [0, 0.05) is 23.6 Å². The van der Waals surface area contributed by atoms with Gasteiger partial charge in [-0.05, 0) is 49.4 Å². The predicted molar refractivity (Wildman–Crippen MR) is 144 cm³/mol. The van der Waals surface area contributed by atoms with Gasteiger partial charge in [0.15, 0.2) is 5.75 Å². The first-order valence-corrected chi connectivity index (χ1v) is 14.3. The Kier molecular flexibility index (Phi) is 8.00. The molecule has 0 unspecified atom stereocenters. The van der Waals surface area contributed by atoms with E-state index in [2.05, 4.69) is 20.3 Å².